The summed E-state index contributed by atoms with van der Waals surface area (Å²) in [4.78, 5) is 42.3. The first kappa shape index (κ1) is 19.9. The van der Waals surface area contributed by atoms with Crippen molar-refractivity contribution in [3.05, 3.63) is 40.5 Å². The van der Waals surface area contributed by atoms with Crippen LogP contribution >= 0.6 is 11.3 Å². The minimum Gasteiger partial charge on any atom is -0.367 e. The van der Waals surface area contributed by atoms with Crippen LogP contribution in [-0.4, -0.2) is 44.5 Å². The molecule has 1 aliphatic heterocycles. The Balaban J connectivity index is 1.38. The summed E-state index contributed by atoms with van der Waals surface area (Å²) in [6, 6.07) is 5.77. The summed E-state index contributed by atoms with van der Waals surface area (Å²) in [6.07, 6.45) is 8.60. The number of hydrogen-bond donors (Lipinski definition) is 4. The molecule has 3 aromatic heterocycles. The van der Waals surface area contributed by atoms with Gasteiger partial charge in [-0.1, -0.05) is 0 Å². The molecule has 1 saturated heterocycles. The second-order valence-electron chi connectivity index (χ2n) is 8.51. The number of hydrogen-bond acceptors (Lipinski definition) is 7. The molecule has 10 nitrogen and oxygen atoms in total. The fourth-order valence-corrected chi connectivity index (χ4v) is 4.66. The van der Waals surface area contributed by atoms with Crippen LogP contribution in [-0.2, 0) is 4.79 Å². The van der Waals surface area contributed by atoms with Crippen LogP contribution in [0.1, 0.15) is 47.3 Å². The quantitative estimate of drug-likeness (QED) is 0.328. The van der Waals surface area contributed by atoms with Gasteiger partial charge >= 0.3 is 6.03 Å². The summed E-state index contributed by atoms with van der Waals surface area (Å²) in [5.41, 5.74) is 2.00. The van der Waals surface area contributed by atoms with Crippen molar-refractivity contribution in [3.63, 3.8) is 0 Å². The number of urea groups is 1. The minimum atomic E-state index is -0.557. The van der Waals surface area contributed by atoms with Gasteiger partial charge in [0.2, 0.25) is 0 Å². The molecule has 6 rings (SSSR count). The van der Waals surface area contributed by atoms with Crippen molar-refractivity contribution in [1.82, 2.24) is 30.5 Å². The Kier molecular flexibility index (Phi) is 4.64. The first-order valence-corrected chi connectivity index (χ1v) is 11.8. The fourth-order valence-electron chi connectivity index (χ4n) is 3.79. The molecule has 0 aromatic carbocycles. The number of anilines is 1. The summed E-state index contributed by atoms with van der Waals surface area (Å²) >= 11 is 1.40. The zero-order valence-electron chi connectivity index (χ0n) is 17.6. The van der Waals surface area contributed by atoms with E-state index in [-0.39, 0.29) is 17.6 Å². The molecule has 33 heavy (non-hydrogen) atoms. The highest BCUT2D eigenvalue weighted by Gasteiger charge is 2.26. The third-order valence-electron chi connectivity index (χ3n) is 5.97. The molecule has 2 aliphatic carbocycles. The Morgan fingerprint density at radius 3 is 2.70 bits per heavy atom. The first-order valence-electron chi connectivity index (χ1n) is 10.9. The van der Waals surface area contributed by atoms with E-state index in [2.05, 4.69) is 26.4 Å². The van der Waals surface area contributed by atoms with Crippen LogP contribution in [0.5, 0.6) is 0 Å². The SMILES string of the molecule is O=C1NC(=O)/C(=C/c2cnn3c(NC4CC4)cc(-c4ccc(C(=O)NC5CCC5)s4)nc23)N1. The molecule has 0 unspecified atom stereocenters. The van der Waals surface area contributed by atoms with Gasteiger partial charge in [-0.15, -0.1) is 11.3 Å². The lowest BCUT2D eigenvalue weighted by Gasteiger charge is -2.25. The van der Waals surface area contributed by atoms with Gasteiger partial charge in [-0.05, 0) is 50.3 Å². The van der Waals surface area contributed by atoms with E-state index in [0.717, 1.165) is 42.8 Å². The summed E-state index contributed by atoms with van der Waals surface area (Å²) in [5, 5.41) is 15.7. The van der Waals surface area contributed by atoms with E-state index in [1.807, 2.05) is 18.2 Å². The molecule has 4 N–H and O–H groups in total. The van der Waals surface area contributed by atoms with Gasteiger partial charge in [-0.2, -0.15) is 9.61 Å². The summed E-state index contributed by atoms with van der Waals surface area (Å²) in [7, 11) is 0. The van der Waals surface area contributed by atoms with E-state index in [4.69, 9.17) is 4.98 Å². The molecule has 3 aliphatic rings. The molecular formula is C22H21N7O3S. The highest BCUT2D eigenvalue weighted by molar-refractivity contribution is 7.17. The van der Waals surface area contributed by atoms with Crippen LogP contribution in [0.15, 0.2) is 30.1 Å². The second kappa shape index (κ2) is 7.69. The Morgan fingerprint density at radius 1 is 1.15 bits per heavy atom. The van der Waals surface area contributed by atoms with Crippen molar-refractivity contribution in [2.45, 2.75) is 44.2 Å². The van der Waals surface area contributed by atoms with Crippen molar-refractivity contribution < 1.29 is 14.4 Å². The van der Waals surface area contributed by atoms with Gasteiger partial charge in [0.15, 0.2) is 5.65 Å². The Morgan fingerprint density at radius 2 is 2.00 bits per heavy atom. The van der Waals surface area contributed by atoms with Crippen molar-refractivity contribution in [1.29, 1.82) is 0 Å². The van der Waals surface area contributed by atoms with Crippen LogP contribution in [0, 0.1) is 0 Å². The molecule has 2 saturated carbocycles. The van der Waals surface area contributed by atoms with Crippen LogP contribution in [0.4, 0.5) is 10.6 Å². The Bertz CT molecular complexity index is 1330. The third kappa shape index (κ3) is 3.84. The largest absolute Gasteiger partial charge is 0.367 e. The molecule has 4 amide bonds. The van der Waals surface area contributed by atoms with E-state index in [1.165, 1.54) is 11.3 Å². The molecule has 0 bridgehead atoms. The normalized spacial score (nSPS) is 19.5. The number of nitrogens with one attached hydrogen (secondary N) is 4. The van der Waals surface area contributed by atoms with E-state index < -0.39 is 11.9 Å². The third-order valence-corrected chi connectivity index (χ3v) is 7.08. The lowest BCUT2D eigenvalue weighted by molar-refractivity contribution is -0.115. The number of carbonyl (C=O) groups is 3. The molecule has 3 aromatic rings. The number of aromatic nitrogens is 3. The second-order valence-corrected chi connectivity index (χ2v) is 9.60. The molecule has 0 atom stereocenters. The summed E-state index contributed by atoms with van der Waals surface area (Å²) in [5.74, 6) is 0.245. The van der Waals surface area contributed by atoms with Crippen molar-refractivity contribution in [2.24, 2.45) is 0 Å². The van der Waals surface area contributed by atoms with Crippen LogP contribution in [0.25, 0.3) is 22.3 Å². The van der Waals surface area contributed by atoms with Gasteiger partial charge in [0.1, 0.15) is 11.5 Å². The average molecular weight is 464 g/mol. The number of rotatable bonds is 6. The maximum atomic E-state index is 12.6. The van der Waals surface area contributed by atoms with E-state index in [0.29, 0.717) is 27.8 Å². The maximum absolute atomic E-state index is 12.6. The molecule has 3 fully saturated rings. The number of nitrogens with zero attached hydrogens (tertiary/aromatic N) is 3. The molecule has 0 spiro atoms. The van der Waals surface area contributed by atoms with E-state index >= 15 is 0 Å². The summed E-state index contributed by atoms with van der Waals surface area (Å²) < 4.78 is 1.70. The van der Waals surface area contributed by atoms with Gasteiger partial charge in [-0.3, -0.25) is 14.9 Å². The van der Waals surface area contributed by atoms with E-state index in [1.54, 1.807) is 16.8 Å². The topological polar surface area (TPSA) is 130 Å². The summed E-state index contributed by atoms with van der Waals surface area (Å²) in [6.45, 7) is 0. The van der Waals surface area contributed by atoms with Crippen LogP contribution in [0.2, 0.25) is 0 Å². The Hall–Kier alpha value is -3.73. The molecule has 0 radical (unpaired) electrons. The molecule has 11 heteroatoms. The van der Waals surface area contributed by atoms with Crippen LogP contribution in [0.3, 0.4) is 0 Å². The number of imide groups is 1. The smallest absolute Gasteiger partial charge is 0.326 e. The average Bonchev–Trinajstić information content (AvgIpc) is 3.15. The standard InChI is InChI=1S/C22H21N7O3S/c30-20-15(27-22(32)28-20)8-11-10-23-29-18(24-13-4-5-13)9-14(26-19(11)29)16-6-7-17(33-16)21(31)25-12-2-1-3-12/h6-10,12-13,24H,1-5H2,(H,25,31)(H2,27,28,30,32)/b15-8-. The van der Waals surface area contributed by atoms with Gasteiger partial charge in [0.25, 0.3) is 11.8 Å². The lowest BCUT2D eigenvalue weighted by atomic mass is 9.93. The maximum Gasteiger partial charge on any atom is 0.326 e. The highest BCUT2D eigenvalue weighted by atomic mass is 32.1. The number of amides is 4. The van der Waals surface area contributed by atoms with Crippen molar-refractivity contribution in [3.8, 4) is 10.6 Å². The van der Waals surface area contributed by atoms with Gasteiger partial charge < -0.3 is 16.0 Å². The number of fused-ring (bicyclic) bond motifs is 1. The fraction of sp³-hybridized carbons (Fsp3) is 0.318. The highest BCUT2D eigenvalue weighted by Crippen LogP contribution is 2.32. The molecule has 4 heterocycles. The van der Waals surface area contributed by atoms with Gasteiger partial charge in [-0.25, -0.2) is 9.78 Å². The first-order chi connectivity index (χ1) is 16.0. The van der Waals surface area contributed by atoms with Gasteiger partial charge in [0, 0.05) is 23.7 Å². The zero-order chi connectivity index (χ0) is 22.5. The predicted octanol–water partition coefficient (Wildman–Crippen LogP) is 2.49. The zero-order valence-corrected chi connectivity index (χ0v) is 18.4. The van der Waals surface area contributed by atoms with E-state index in [9.17, 15) is 14.4 Å². The predicted molar refractivity (Wildman–Crippen MR) is 123 cm³/mol. The van der Waals surface area contributed by atoms with Crippen molar-refractivity contribution in [2.75, 3.05) is 5.32 Å². The van der Waals surface area contributed by atoms with Gasteiger partial charge in [0.05, 0.1) is 21.6 Å². The molecule has 168 valence electrons. The minimum absolute atomic E-state index is 0.0499. The monoisotopic (exact) mass is 463 g/mol. The molecular weight excluding hydrogens is 442 g/mol. The van der Waals surface area contributed by atoms with Crippen LogP contribution < -0.4 is 21.3 Å². The lowest BCUT2D eigenvalue weighted by Crippen LogP contribution is -2.39. The number of thiophene rings is 1. The Labute approximate surface area is 192 Å². The van der Waals surface area contributed by atoms with Crippen molar-refractivity contribution >= 4 is 46.7 Å². The number of carbonyl (C=O) groups excluding carboxylic acids is 3.